The standard InChI is InChI=1S/C10H14ClNO/c1-3-13-12-7-9-5-4-8(2)6-10(9)11/h4-6,12H,3,7H2,1-2H3. The Bertz CT molecular complexity index is 276. The lowest BCUT2D eigenvalue weighted by molar-refractivity contribution is 0.0463. The van der Waals surface area contributed by atoms with Gasteiger partial charge in [-0.25, -0.2) is 0 Å². The highest BCUT2D eigenvalue weighted by Crippen LogP contribution is 2.16. The van der Waals surface area contributed by atoms with Gasteiger partial charge in [0.05, 0.1) is 6.61 Å². The molecule has 1 aromatic rings. The van der Waals surface area contributed by atoms with E-state index in [4.69, 9.17) is 16.4 Å². The smallest absolute Gasteiger partial charge is 0.0654 e. The zero-order valence-electron chi connectivity index (χ0n) is 7.93. The molecule has 0 aromatic heterocycles. The monoisotopic (exact) mass is 199 g/mol. The summed E-state index contributed by atoms with van der Waals surface area (Å²) < 4.78 is 0. The molecular formula is C10H14ClNO. The van der Waals surface area contributed by atoms with E-state index >= 15 is 0 Å². The van der Waals surface area contributed by atoms with Gasteiger partial charge >= 0.3 is 0 Å². The van der Waals surface area contributed by atoms with Gasteiger partial charge in [-0.3, -0.25) is 0 Å². The highest BCUT2D eigenvalue weighted by Gasteiger charge is 1.98. The SMILES string of the molecule is CCONCc1ccc(C)cc1Cl. The topological polar surface area (TPSA) is 21.3 Å². The van der Waals surface area contributed by atoms with Gasteiger partial charge in [0, 0.05) is 11.6 Å². The molecular weight excluding hydrogens is 186 g/mol. The molecule has 1 N–H and O–H groups in total. The zero-order valence-corrected chi connectivity index (χ0v) is 8.69. The van der Waals surface area contributed by atoms with Crippen LogP contribution in [-0.4, -0.2) is 6.61 Å². The molecule has 0 aliphatic rings. The molecule has 0 amide bonds. The van der Waals surface area contributed by atoms with Gasteiger partial charge in [0.2, 0.25) is 0 Å². The predicted molar refractivity (Wildman–Crippen MR) is 54.7 cm³/mol. The molecule has 13 heavy (non-hydrogen) atoms. The molecule has 2 nitrogen and oxygen atoms in total. The Morgan fingerprint density at radius 2 is 2.23 bits per heavy atom. The molecule has 0 fully saturated rings. The first kappa shape index (κ1) is 10.5. The number of hydrogen-bond donors (Lipinski definition) is 1. The summed E-state index contributed by atoms with van der Waals surface area (Å²) in [6, 6.07) is 5.99. The maximum absolute atomic E-state index is 6.01. The highest BCUT2D eigenvalue weighted by atomic mass is 35.5. The molecule has 0 aliphatic heterocycles. The maximum Gasteiger partial charge on any atom is 0.0654 e. The molecule has 0 atom stereocenters. The molecule has 1 aromatic carbocycles. The molecule has 0 aliphatic carbocycles. The second-order valence-electron chi connectivity index (χ2n) is 2.85. The van der Waals surface area contributed by atoms with E-state index in [1.165, 1.54) is 5.56 Å². The Balaban J connectivity index is 2.56. The summed E-state index contributed by atoms with van der Waals surface area (Å²) in [5.41, 5.74) is 5.05. The molecule has 3 heteroatoms. The van der Waals surface area contributed by atoms with Gasteiger partial charge in [0.1, 0.15) is 0 Å². The van der Waals surface area contributed by atoms with Crippen molar-refractivity contribution < 1.29 is 4.84 Å². The molecule has 0 unspecified atom stereocenters. The number of hydroxylamine groups is 1. The lowest BCUT2D eigenvalue weighted by Crippen LogP contribution is -2.13. The van der Waals surface area contributed by atoms with Crippen LogP contribution < -0.4 is 5.48 Å². The minimum Gasteiger partial charge on any atom is -0.302 e. The van der Waals surface area contributed by atoms with Gasteiger partial charge < -0.3 is 4.84 Å². The first-order valence-electron chi connectivity index (χ1n) is 4.33. The number of rotatable bonds is 4. The molecule has 0 saturated carbocycles. The largest absolute Gasteiger partial charge is 0.302 e. The van der Waals surface area contributed by atoms with Crippen LogP contribution >= 0.6 is 11.6 Å². The van der Waals surface area contributed by atoms with E-state index in [0.29, 0.717) is 13.2 Å². The van der Waals surface area contributed by atoms with E-state index in [1.807, 2.05) is 32.0 Å². The van der Waals surface area contributed by atoms with E-state index in [1.54, 1.807) is 0 Å². The predicted octanol–water partition coefficient (Wildman–Crippen LogP) is 2.69. The van der Waals surface area contributed by atoms with Crippen molar-refractivity contribution in [1.82, 2.24) is 5.48 Å². The molecule has 0 spiro atoms. The second-order valence-corrected chi connectivity index (χ2v) is 3.26. The van der Waals surface area contributed by atoms with Crippen molar-refractivity contribution >= 4 is 11.6 Å². The fourth-order valence-electron chi connectivity index (χ4n) is 1.03. The number of benzene rings is 1. The van der Waals surface area contributed by atoms with Crippen LogP contribution in [0.25, 0.3) is 0 Å². The molecule has 72 valence electrons. The van der Waals surface area contributed by atoms with Crippen molar-refractivity contribution in [2.45, 2.75) is 20.4 Å². The number of hydrogen-bond acceptors (Lipinski definition) is 2. The second kappa shape index (κ2) is 5.22. The highest BCUT2D eigenvalue weighted by molar-refractivity contribution is 6.31. The Labute approximate surface area is 83.8 Å². The lowest BCUT2D eigenvalue weighted by atomic mass is 10.1. The first-order chi connectivity index (χ1) is 6.24. The van der Waals surface area contributed by atoms with E-state index in [-0.39, 0.29) is 0 Å². The van der Waals surface area contributed by atoms with Gasteiger partial charge in [-0.05, 0) is 31.0 Å². The van der Waals surface area contributed by atoms with E-state index in [9.17, 15) is 0 Å². The number of halogens is 1. The minimum atomic E-state index is 0.646. The van der Waals surface area contributed by atoms with E-state index < -0.39 is 0 Å². The summed E-state index contributed by atoms with van der Waals surface area (Å²) in [5.74, 6) is 0. The number of nitrogens with one attached hydrogen (secondary N) is 1. The summed E-state index contributed by atoms with van der Waals surface area (Å²) in [4.78, 5) is 5.01. The minimum absolute atomic E-state index is 0.646. The van der Waals surface area contributed by atoms with Crippen molar-refractivity contribution in [3.05, 3.63) is 34.3 Å². The van der Waals surface area contributed by atoms with Gasteiger partial charge in [-0.1, -0.05) is 23.7 Å². The first-order valence-corrected chi connectivity index (χ1v) is 4.71. The average Bonchev–Trinajstić information content (AvgIpc) is 2.09. The summed E-state index contributed by atoms with van der Waals surface area (Å²) in [6.07, 6.45) is 0. The van der Waals surface area contributed by atoms with Crippen LogP contribution in [0.15, 0.2) is 18.2 Å². The quantitative estimate of drug-likeness (QED) is 0.595. The summed E-state index contributed by atoms with van der Waals surface area (Å²) >= 11 is 6.01. The van der Waals surface area contributed by atoms with Crippen LogP contribution in [0.3, 0.4) is 0 Å². The Morgan fingerprint density at radius 3 is 2.85 bits per heavy atom. The van der Waals surface area contributed by atoms with Crippen LogP contribution in [-0.2, 0) is 11.4 Å². The third-order valence-electron chi connectivity index (χ3n) is 1.72. The van der Waals surface area contributed by atoms with Gasteiger partial charge in [0.25, 0.3) is 0 Å². The Kier molecular flexibility index (Phi) is 4.22. The van der Waals surface area contributed by atoms with Crippen LogP contribution in [0, 0.1) is 6.92 Å². The molecule has 0 heterocycles. The van der Waals surface area contributed by atoms with Crippen LogP contribution in [0.1, 0.15) is 18.1 Å². The van der Waals surface area contributed by atoms with Crippen LogP contribution in [0.5, 0.6) is 0 Å². The normalized spacial score (nSPS) is 10.4. The summed E-state index contributed by atoms with van der Waals surface area (Å²) in [6.45, 7) is 5.26. The van der Waals surface area contributed by atoms with Crippen molar-refractivity contribution in [1.29, 1.82) is 0 Å². The van der Waals surface area contributed by atoms with Gasteiger partial charge in [0.15, 0.2) is 0 Å². The lowest BCUT2D eigenvalue weighted by Gasteiger charge is -2.06. The van der Waals surface area contributed by atoms with Crippen molar-refractivity contribution in [2.75, 3.05) is 6.61 Å². The van der Waals surface area contributed by atoms with Gasteiger partial charge in [-0.2, -0.15) is 5.48 Å². The van der Waals surface area contributed by atoms with Crippen LogP contribution in [0.4, 0.5) is 0 Å². The van der Waals surface area contributed by atoms with Crippen molar-refractivity contribution in [3.63, 3.8) is 0 Å². The van der Waals surface area contributed by atoms with Crippen LogP contribution in [0.2, 0.25) is 5.02 Å². The third kappa shape index (κ3) is 3.35. The zero-order chi connectivity index (χ0) is 9.68. The fraction of sp³-hybridized carbons (Fsp3) is 0.400. The Hall–Kier alpha value is -0.570. The maximum atomic E-state index is 6.01. The molecule has 0 saturated heterocycles. The average molecular weight is 200 g/mol. The number of aryl methyl sites for hydroxylation is 1. The van der Waals surface area contributed by atoms with Gasteiger partial charge in [-0.15, -0.1) is 0 Å². The molecule has 0 radical (unpaired) electrons. The van der Waals surface area contributed by atoms with Crippen molar-refractivity contribution in [3.8, 4) is 0 Å². The summed E-state index contributed by atoms with van der Waals surface area (Å²) in [7, 11) is 0. The summed E-state index contributed by atoms with van der Waals surface area (Å²) in [5, 5.41) is 0.784. The Morgan fingerprint density at radius 1 is 1.46 bits per heavy atom. The molecule has 1 rings (SSSR count). The third-order valence-corrected chi connectivity index (χ3v) is 2.07. The van der Waals surface area contributed by atoms with E-state index in [0.717, 1.165) is 10.6 Å². The molecule has 0 bridgehead atoms. The van der Waals surface area contributed by atoms with Crippen molar-refractivity contribution in [2.24, 2.45) is 0 Å². The van der Waals surface area contributed by atoms with E-state index in [2.05, 4.69) is 5.48 Å². The fourth-order valence-corrected chi connectivity index (χ4v) is 1.33.